The maximum absolute atomic E-state index is 13.5. The Balaban J connectivity index is 0.000000173. The van der Waals surface area contributed by atoms with Gasteiger partial charge in [-0.1, -0.05) is 81.0 Å². The molecule has 55 heavy (non-hydrogen) atoms. The third-order valence-electron chi connectivity index (χ3n) is 11.3. The summed E-state index contributed by atoms with van der Waals surface area (Å²) in [7, 11) is 0. The molecule has 0 radical (unpaired) electrons. The second kappa shape index (κ2) is 16.0. The summed E-state index contributed by atoms with van der Waals surface area (Å²) in [6.45, 7) is 3.95. The lowest BCUT2D eigenvalue weighted by molar-refractivity contribution is -0.122. The van der Waals surface area contributed by atoms with E-state index in [-0.39, 0.29) is 43.1 Å². The molecule has 0 bridgehead atoms. The summed E-state index contributed by atoms with van der Waals surface area (Å²) < 4.78 is 4.17. The molecule has 2 aromatic heterocycles. The fraction of sp³-hybridized carbons (Fsp3) is 0.419. The van der Waals surface area contributed by atoms with Crippen LogP contribution in [0.25, 0.3) is 11.4 Å². The van der Waals surface area contributed by atoms with Gasteiger partial charge in [0.15, 0.2) is 0 Å². The van der Waals surface area contributed by atoms with Crippen LogP contribution in [-0.4, -0.2) is 59.8 Å². The van der Waals surface area contributed by atoms with Crippen molar-refractivity contribution >= 4 is 34.8 Å². The van der Waals surface area contributed by atoms with E-state index in [0.29, 0.717) is 17.7 Å². The first-order chi connectivity index (χ1) is 26.9. The van der Waals surface area contributed by atoms with Crippen LogP contribution in [0, 0.1) is 0 Å². The van der Waals surface area contributed by atoms with Gasteiger partial charge in [-0.05, 0) is 75.9 Å². The standard InChI is InChI=1S/C27H31N5O2.C16H18N4O/c1-19(2)31(21-13-7-4-8-14-21)26(34)18-30-22-15-9-10-16-23(22)32-24(17-25(30)33)28-29-27(32)20-11-5-3-6-12-20;21-15-10-14-18-19-16(11-6-2-1-3-7-11)20(14)13-9-5-4-8-12(13)17-15/h4,7-10,13-16,19-20H,3,5-6,11-12,17-18H2,1-2H3;4-5,8-9,11H,1-3,6-7,10H2,(H,17,21). The summed E-state index contributed by atoms with van der Waals surface area (Å²) >= 11 is 0. The quantitative estimate of drug-likeness (QED) is 0.191. The zero-order chi connectivity index (χ0) is 37.9. The van der Waals surface area contributed by atoms with Crippen molar-refractivity contribution in [2.75, 3.05) is 21.7 Å². The Kier molecular flexibility index (Phi) is 10.6. The molecule has 0 spiro atoms. The van der Waals surface area contributed by atoms with Crippen molar-refractivity contribution in [1.29, 1.82) is 0 Å². The molecule has 284 valence electrons. The largest absolute Gasteiger partial charge is 0.324 e. The van der Waals surface area contributed by atoms with E-state index in [0.717, 1.165) is 58.8 Å². The smallest absolute Gasteiger partial charge is 0.247 e. The number of amides is 3. The number of carbonyl (C=O) groups excluding carboxylic acids is 3. The van der Waals surface area contributed by atoms with E-state index in [2.05, 4.69) is 34.8 Å². The SMILES string of the molecule is CC(C)N(C(=O)CN1C(=O)Cc2nnc(C3CCCCC3)n2-c2ccccc21)c1ccccc1.O=C1Cc2nnc(C3CCCCC3)n2-c2ccccc2N1. The minimum absolute atomic E-state index is 0.0243. The summed E-state index contributed by atoms with van der Waals surface area (Å²) in [4.78, 5) is 42.4. The van der Waals surface area contributed by atoms with E-state index in [1.54, 1.807) is 9.80 Å². The molecule has 12 nitrogen and oxygen atoms in total. The van der Waals surface area contributed by atoms with E-state index < -0.39 is 0 Å². The highest BCUT2D eigenvalue weighted by Gasteiger charge is 2.34. The number of hydrogen-bond donors (Lipinski definition) is 1. The Morgan fingerprint density at radius 3 is 1.82 bits per heavy atom. The molecule has 5 aromatic rings. The van der Waals surface area contributed by atoms with Crippen LogP contribution in [0.5, 0.6) is 0 Å². The molecular formula is C43H49N9O3. The zero-order valence-electron chi connectivity index (χ0n) is 31.7. The summed E-state index contributed by atoms with van der Waals surface area (Å²) in [5.74, 6) is 3.89. The van der Waals surface area contributed by atoms with Crippen LogP contribution < -0.4 is 15.1 Å². The van der Waals surface area contributed by atoms with Crippen LogP contribution in [0.1, 0.15) is 113 Å². The van der Waals surface area contributed by atoms with Gasteiger partial charge in [0.25, 0.3) is 0 Å². The molecule has 1 N–H and O–H groups in total. The number of nitrogens with zero attached hydrogens (tertiary/aromatic N) is 8. The summed E-state index contributed by atoms with van der Waals surface area (Å²) in [5, 5.41) is 20.7. The Labute approximate surface area is 322 Å². The number of para-hydroxylation sites is 5. The fourth-order valence-electron chi connectivity index (χ4n) is 8.73. The normalized spacial score (nSPS) is 17.1. The van der Waals surface area contributed by atoms with Gasteiger partial charge >= 0.3 is 0 Å². The van der Waals surface area contributed by atoms with Gasteiger partial charge in [-0.25, -0.2) is 0 Å². The summed E-state index contributed by atoms with van der Waals surface area (Å²) in [6.07, 6.45) is 12.4. The molecule has 3 aromatic carbocycles. The fourth-order valence-corrected chi connectivity index (χ4v) is 8.73. The maximum Gasteiger partial charge on any atom is 0.247 e. The van der Waals surface area contributed by atoms with Gasteiger partial charge in [-0.2, -0.15) is 0 Å². The molecule has 12 heteroatoms. The third kappa shape index (κ3) is 7.42. The van der Waals surface area contributed by atoms with E-state index in [4.69, 9.17) is 0 Å². The van der Waals surface area contributed by atoms with Crippen LogP contribution >= 0.6 is 0 Å². The molecule has 2 aliphatic carbocycles. The molecule has 0 atom stereocenters. The number of benzene rings is 3. The van der Waals surface area contributed by atoms with Crippen molar-refractivity contribution in [3.63, 3.8) is 0 Å². The van der Waals surface area contributed by atoms with Crippen LogP contribution in [0.3, 0.4) is 0 Å². The Hall–Kier alpha value is -5.65. The summed E-state index contributed by atoms with van der Waals surface area (Å²) in [5.41, 5.74) is 4.27. The number of anilines is 3. The van der Waals surface area contributed by atoms with E-state index in [9.17, 15) is 14.4 Å². The van der Waals surface area contributed by atoms with Crippen molar-refractivity contribution in [3.05, 3.63) is 102 Å². The zero-order valence-corrected chi connectivity index (χ0v) is 31.7. The topological polar surface area (TPSA) is 131 Å². The minimum Gasteiger partial charge on any atom is -0.324 e. The van der Waals surface area contributed by atoms with Crippen LogP contribution in [-0.2, 0) is 27.2 Å². The number of rotatable bonds is 6. The highest BCUT2D eigenvalue weighted by atomic mass is 16.2. The molecule has 0 saturated heterocycles. The van der Waals surface area contributed by atoms with Gasteiger partial charge in [-0.3, -0.25) is 23.5 Å². The maximum atomic E-state index is 13.5. The Morgan fingerprint density at radius 1 is 0.673 bits per heavy atom. The molecule has 2 fully saturated rings. The van der Waals surface area contributed by atoms with Gasteiger partial charge in [0.05, 0.1) is 35.6 Å². The second-order valence-electron chi connectivity index (χ2n) is 15.4. The highest BCUT2D eigenvalue weighted by Crippen LogP contribution is 2.38. The number of fused-ring (bicyclic) bond motifs is 6. The molecule has 4 aliphatic rings. The third-order valence-corrected chi connectivity index (χ3v) is 11.3. The average Bonchev–Trinajstić information content (AvgIpc) is 3.76. The second-order valence-corrected chi connectivity index (χ2v) is 15.4. The average molecular weight is 740 g/mol. The van der Waals surface area contributed by atoms with Crippen LogP contribution in [0.2, 0.25) is 0 Å². The first-order valence-corrected chi connectivity index (χ1v) is 19.9. The van der Waals surface area contributed by atoms with Crippen molar-refractivity contribution in [3.8, 4) is 11.4 Å². The first-order valence-electron chi connectivity index (χ1n) is 19.9. The number of aromatic nitrogens is 6. The minimum atomic E-state index is -0.140. The Bertz CT molecular complexity index is 2160. The highest BCUT2D eigenvalue weighted by molar-refractivity contribution is 6.06. The number of carbonyl (C=O) groups is 3. The van der Waals surface area contributed by atoms with Gasteiger partial charge in [0, 0.05) is 23.6 Å². The predicted molar refractivity (Wildman–Crippen MR) is 212 cm³/mol. The van der Waals surface area contributed by atoms with Gasteiger partial charge in [-0.15, -0.1) is 20.4 Å². The molecule has 4 heterocycles. The van der Waals surface area contributed by atoms with Crippen molar-refractivity contribution in [2.45, 2.75) is 109 Å². The van der Waals surface area contributed by atoms with Gasteiger partial charge < -0.3 is 15.1 Å². The predicted octanol–water partition coefficient (Wildman–Crippen LogP) is 7.46. The van der Waals surface area contributed by atoms with Crippen molar-refractivity contribution in [1.82, 2.24) is 29.5 Å². The molecule has 2 saturated carbocycles. The molecular weight excluding hydrogens is 691 g/mol. The summed E-state index contributed by atoms with van der Waals surface area (Å²) in [6, 6.07) is 25.3. The van der Waals surface area contributed by atoms with Gasteiger partial charge in [0.1, 0.15) is 29.8 Å². The van der Waals surface area contributed by atoms with Gasteiger partial charge in [0.2, 0.25) is 17.7 Å². The molecule has 3 amide bonds. The van der Waals surface area contributed by atoms with E-state index >= 15 is 0 Å². The number of nitrogens with one attached hydrogen (secondary N) is 1. The lowest BCUT2D eigenvalue weighted by atomic mass is 9.88. The van der Waals surface area contributed by atoms with E-state index in [1.165, 1.54) is 51.4 Å². The molecule has 2 aliphatic heterocycles. The molecule has 9 rings (SSSR count). The van der Waals surface area contributed by atoms with E-state index in [1.807, 2.05) is 92.7 Å². The van der Waals surface area contributed by atoms with Crippen molar-refractivity contribution in [2.24, 2.45) is 0 Å². The van der Waals surface area contributed by atoms with Crippen LogP contribution in [0.15, 0.2) is 78.9 Å². The monoisotopic (exact) mass is 739 g/mol. The number of hydrogen-bond acceptors (Lipinski definition) is 7. The Morgan fingerprint density at radius 2 is 1.20 bits per heavy atom. The lowest BCUT2D eigenvalue weighted by Gasteiger charge is -2.30. The molecule has 0 unspecified atom stereocenters. The first kappa shape index (κ1) is 36.3. The van der Waals surface area contributed by atoms with Crippen molar-refractivity contribution < 1.29 is 14.4 Å². The van der Waals surface area contributed by atoms with Crippen LogP contribution in [0.4, 0.5) is 17.1 Å². The lowest BCUT2D eigenvalue weighted by Crippen LogP contribution is -2.46.